The fourth-order valence-electron chi connectivity index (χ4n) is 3.16. The Balaban J connectivity index is 1.62. The largest absolute Gasteiger partial charge is 0.418 e. The highest BCUT2D eigenvalue weighted by atomic mass is 32.3. The average Bonchev–Trinajstić information content (AvgIpc) is 2.61. The van der Waals surface area contributed by atoms with Gasteiger partial charge in [0.25, 0.3) is 0 Å². The third-order valence-electron chi connectivity index (χ3n) is 4.59. The van der Waals surface area contributed by atoms with Gasteiger partial charge in [0, 0.05) is 13.1 Å². The summed E-state index contributed by atoms with van der Waals surface area (Å²) < 4.78 is 34.6. The van der Waals surface area contributed by atoms with Gasteiger partial charge in [0.15, 0.2) is 0 Å². The Labute approximate surface area is 128 Å². The predicted octanol–water partition coefficient (Wildman–Crippen LogP) is -0.0943. The van der Waals surface area contributed by atoms with E-state index in [1.165, 1.54) is 11.3 Å². The van der Waals surface area contributed by atoms with Gasteiger partial charge in [0.1, 0.15) is 6.04 Å². The van der Waals surface area contributed by atoms with Gasteiger partial charge in [-0.25, -0.2) is 4.79 Å². The maximum atomic E-state index is 12.2. The minimum absolute atomic E-state index is 0.215. The Morgan fingerprint density at radius 3 is 2.64 bits per heavy atom. The number of amides is 3. The van der Waals surface area contributed by atoms with E-state index in [9.17, 15) is 18.0 Å². The van der Waals surface area contributed by atoms with Crippen molar-refractivity contribution in [2.75, 3.05) is 13.1 Å². The molecule has 3 fully saturated rings. The fraction of sp³-hybridized carbons (Fsp3) is 0.833. The van der Waals surface area contributed by atoms with E-state index >= 15 is 0 Å². The number of hydrogen-bond acceptors (Lipinski definition) is 5. The Bertz CT molecular complexity index is 575. The van der Waals surface area contributed by atoms with Gasteiger partial charge in [0.05, 0.1) is 6.04 Å². The van der Waals surface area contributed by atoms with Gasteiger partial charge in [-0.1, -0.05) is 6.42 Å². The van der Waals surface area contributed by atoms with Crippen LogP contribution in [0.4, 0.5) is 4.79 Å². The van der Waals surface area contributed by atoms with E-state index in [4.69, 9.17) is 4.55 Å². The molecule has 1 saturated carbocycles. The monoisotopic (exact) mass is 333 g/mol. The summed E-state index contributed by atoms with van der Waals surface area (Å²) in [5, 5.41) is 3.51. The highest BCUT2D eigenvalue weighted by molar-refractivity contribution is 7.80. The topological polar surface area (TPSA) is 116 Å². The number of fused-ring (bicyclic) bond motifs is 2. The van der Waals surface area contributed by atoms with E-state index in [-0.39, 0.29) is 12.5 Å². The molecule has 0 aromatic carbocycles. The summed E-state index contributed by atoms with van der Waals surface area (Å²) in [6.45, 7) is 0.835. The molecule has 22 heavy (non-hydrogen) atoms. The van der Waals surface area contributed by atoms with Crippen LogP contribution in [0.2, 0.25) is 0 Å². The second-order valence-corrected chi connectivity index (χ2v) is 7.06. The number of carbonyl (C=O) groups excluding carboxylic acids is 2. The number of nitrogens with zero attached hydrogens (tertiary/aromatic N) is 2. The summed E-state index contributed by atoms with van der Waals surface area (Å²) in [6, 6.07) is -1.78. The first kappa shape index (κ1) is 15.5. The Hall–Kier alpha value is -1.39. The molecule has 3 amide bonds. The highest BCUT2D eigenvalue weighted by Crippen LogP contribution is 2.31. The van der Waals surface area contributed by atoms with Gasteiger partial charge in [-0.05, 0) is 31.6 Å². The number of rotatable bonds is 5. The SMILES string of the molecule is O=C(NCC1CCC1)[C@@H]1CC[C@@H]2CN1C(=O)N2OS(=O)(=O)O. The van der Waals surface area contributed by atoms with E-state index in [1.807, 2.05) is 0 Å². The molecule has 2 N–H and O–H groups in total. The maximum absolute atomic E-state index is 12.2. The molecule has 3 rings (SSSR count). The van der Waals surface area contributed by atoms with Crippen LogP contribution in [-0.2, 0) is 19.5 Å². The van der Waals surface area contributed by atoms with E-state index in [0.717, 1.165) is 12.8 Å². The summed E-state index contributed by atoms with van der Waals surface area (Å²) >= 11 is 0. The zero-order valence-corrected chi connectivity index (χ0v) is 12.8. The van der Waals surface area contributed by atoms with Crippen LogP contribution < -0.4 is 5.32 Å². The van der Waals surface area contributed by atoms with Crippen molar-refractivity contribution >= 4 is 22.3 Å². The first-order valence-corrected chi connectivity index (χ1v) is 8.76. The predicted molar refractivity (Wildman–Crippen MR) is 73.7 cm³/mol. The lowest BCUT2D eigenvalue weighted by atomic mass is 9.85. The van der Waals surface area contributed by atoms with Crippen LogP contribution in [0.5, 0.6) is 0 Å². The number of hydrogen-bond donors (Lipinski definition) is 2. The lowest BCUT2D eigenvalue weighted by Crippen LogP contribution is -2.50. The minimum atomic E-state index is -4.76. The highest BCUT2D eigenvalue weighted by Gasteiger charge is 2.49. The third-order valence-corrected chi connectivity index (χ3v) is 4.94. The van der Waals surface area contributed by atoms with Crippen LogP contribution in [-0.4, -0.2) is 60.0 Å². The molecule has 1 aliphatic carbocycles. The lowest BCUT2D eigenvalue weighted by Gasteiger charge is -2.31. The molecule has 0 unspecified atom stereocenters. The number of hydroxylamine groups is 2. The van der Waals surface area contributed by atoms with Crippen molar-refractivity contribution in [1.82, 2.24) is 15.3 Å². The first-order chi connectivity index (χ1) is 10.3. The van der Waals surface area contributed by atoms with Crippen molar-refractivity contribution in [3.63, 3.8) is 0 Å². The van der Waals surface area contributed by atoms with Gasteiger partial charge in [-0.3, -0.25) is 9.35 Å². The molecule has 2 heterocycles. The van der Waals surface area contributed by atoms with Gasteiger partial charge in [-0.2, -0.15) is 13.5 Å². The van der Waals surface area contributed by atoms with Crippen molar-refractivity contribution in [2.24, 2.45) is 5.92 Å². The van der Waals surface area contributed by atoms with Gasteiger partial charge < -0.3 is 10.2 Å². The Morgan fingerprint density at radius 1 is 1.32 bits per heavy atom. The van der Waals surface area contributed by atoms with Crippen molar-refractivity contribution in [3.8, 4) is 0 Å². The second-order valence-electron chi connectivity index (χ2n) is 6.05. The Kier molecular flexibility index (Phi) is 4.00. The molecular formula is C12H19N3O6S. The first-order valence-electron chi connectivity index (χ1n) is 7.39. The van der Waals surface area contributed by atoms with Crippen LogP contribution in [0.15, 0.2) is 0 Å². The molecule has 2 aliphatic heterocycles. The zero-order valence-electron chi connectivity index (χ0n) is 12.0. The average molecular weight is 333 g/mol. The van der Waals surface area contributed by atoms with E-state index in [2.05, 4.69) is 9.60 Å². The number of urea groups is 1. The number of nitrogens with one attached hydrogen (secondary N) is 1. The molecular weight excluding hydrogens is 314 g/mol. The molecule has 3 aliphatic rings. The minimum Gasteiger partial charge on any atom is -0.354 e. The molecule has 0 radical (unpaired) electrons. The van der Waals surface area contributed by atoms with Crippen LogP contribution in [0.3, 0.4) is 0 Å². The standard InChI is InChI=1S/C12H19N3O6S/c16-11(13-6-8-2-1-3-8)10-5-4-9-7-14(10)12(17)15(9)21-22(18,19)20/h8-10H,1-7H2,(H,13,16)(H,18,19,20)/t9-,10+/m1/s1. The number of piperidine rings is 1. The molecule has 2 saturated heterocycles. The smallest absolute Gasteiger partial charge is 0.354 e. The maximum Gasteiger partial charge on any atom is 0.418 e. The molecule has 124 valence electrons. The van der Waals surface area contributed by atoms with E-state index in [1.54, 1.807) is 0 Å². The van der Waals surface area contributed by atoms with E-state index in [0.29, 0.717) is 30.4 Å². The summed E-state index contributed by atoms with van der Waals surface area (Å²) in [5.41, 5.74) is 0. The van der Waals surface area contributed by atoms with Crippen molar-refractivity contribution in [3.05, 3.63) is 0 Å². The summed E-state index contributed by atoms with van der Waals surface area (Å²) in [6.07, 6.45) is 4.31. The van der Waals surface area contributed by atoms with Crippen LogP contribution in [0.1, 0.15) is 32.1 Å². The molecule has 0 spiro atoms. The van der Waals surface area contributed by atoms with Gasteiger partial charge in [0.2, 0.25) is 5.91 Å². The van der Waals surface area contributed by atoms with Crippen molar-refractivity contribution < 1.29 is 26.8 Å². The second kappa shape index (κ2) is 5.67. The zero-order chi connectivity index (χ0) is 15.9. The summed E-state index contributed by atoms with van der Waals surface area (Å²) in [5.74, 6) is 0.307. The summed E-state index contributed by atoms with van der Waals surface area (Å²) in [7, 11) is -4.76. The van der Waals surface area contributed by atoms with Crippen LogP contribution in [0.25, 0.3) is 0 Å². The van der Waals surface area contributed by atoms with E-state index < -0.39 is 28.5 Å². The lowest BCUT2D eigenvalue weighted by molar-refractivity contribution is -0.126. The van der Waals surface area contributed by atoms with Gasteiger partial charge in [-0.15, -0.1) is 4.28 Å². The molecule has 10 heteroatoms. The number of carbonyl (C=O) groups is 2. The molecule has 2 atom stereocenters. The van der Waals surface area contributed by atoms with Crippen molar-refractivity contribution in [2.45, 2.75) is 44.2 Å². The third kappa shape index (κ3) is 3.03. The van der Waals surface area contributed by atoms with Crippen LogP contribution >= 0.6 is 0 Å². The molecule has 0 aromatic heterocycles. The quantitative estimate of drug-likeness (QED) is 0.679. The molecule has 2 bridgehead atoms. The van der Waals surface area contributed by atoms with Crippen LogP contribution in [0, 0.1) is 5.92 Å². The molecule has 0 aromatic rings. The Morgan fingerprint density at radius 2 is 2.05 bits per heavy atom. The normalized spacial score (nSPS) is 28.7. The van der Waals surface area contributed by atoms with Crippen molar-refractivity contribution in [1.29, 1.82) is 0 Å². The summed E-state index contributed by atoms with van der Waals surface area (Å²) in [4.78, 5) is 25.7. The molecule has 9 nitrogen and oxygen atoms in total. The van der Waals surface area contributed by atoms with Gasteiger partial charge >= 0.3 is 16.4 Å². The fourth-order valence-corrected chi connectivity index (χ4v) is 3.55.